The SMILES string of the molecule is CCCCC(C)S(=O)(=O)CC. The summed E-state index contributed by atoms with van der Waals surface area (Å²) < 4.78 is 22.4. The number of hydrogen-bond donors (Lipinski definition) is 0. The van der Waals surface area contributed by atoms with Gasteiger partial charge >= 0.3 is 0 Å². The number of sulfone groups is 1. The lowest BCUT2D eigenvalue weighted by Gasteiger charge is -2.09. The molecule has 0 aliphatic heterocycles. The van der Waals surface area contributed by atoms with Gasteiger partial charge in [0.15, 0.2) is 9.84 Å². The van der Waals surface area contributed by atoms with E-state index in [1.165, 1.54) is 0 Å². The summed E-state index contributed by atoms with van der Waals surface area (Å²) in [6, 6.07) is 0. The summed E-state index contributed by atoms with van der Waals surface area (Å²) in [5.74, 6) is 0.276. The highest BCUT2D eigenvalue weighted by molar-refractivity contribution is 7.91. The fourth-order valence-corrected chi connectivity index (χ4v) is 2.05. The smallest absolute Gasteiger partial charge is 0.152 e. The van der Waals surface area contributed by atoms with Crippen molar-refractivity contribution in [1.82, 2.24) is 0 Å². The number of unbranched alkanes of at least 4 members (excludes halogenated alkanes) is 1. The molecule has 0 aliphatic rings. The Labute approximate surface area is 69.9 Å². The zero-order chi connectivity index (χ0) is 8.91. The van der Waals surface area contributed by atoms with E-state index in [0.29, 0.717) is 0 Å². The minimum atomic E-state index is -2.77. The van der Waals surface area contributed by atoms with Gasteiger partial charge in [-0.15, -0.1) is 0 Å². The summed E-state index contributed by atoms with van der Waals surface area (Å²) in [5.41, 5.74) is 0. The van der Waals surface area contributed by atoms with Crippen LogP contribution in [0.5, 0.6) is 0 Å². The van der Waals surface area contributed by atoms with E-state index >= 15 is 0 Å². The van der Waals surface area contributed by atoms with Crippen LogP contribution in [0.15, 0.2) is 0 Å². The lowest BCUT2D eigenvalue weighted by Crippen LogP contribution is -2.19. The summed E-state index contributed by atoms with van der Waals surface area (Å²) >= 11 is 0. The largest absolute Gasteiger partial charge is 0.229 e. The van der Waals surface area contributed by atoms with Gasteiger partial charge in [-0.3, -0.25) is 0 Å². The second kappa shape index (κ2) is 4.75. The van der Waals surface area contributed by atoms with E-state index in [-0.39, 0.29) is 11.0 Å². The standard InChI is InChI=1S/C8H18O2S/c1-4-6-7-8(3)11(9,10)5-2/h8H,4-7H2,1-3H3. The Morgan fingerprint density at radius 2 is 1.82 bits per heavy atom. The molecule has 2 nitrogen and oxygen atoms in total. The molecule has 1 unspecified atom stereocenters. The van der Waals surface area contributed by atoms with Gasteiger partial charge in [0.1, 0.15) is 0 Å². The predicted molar refractivity (Wildman–Crippen MR) is 48.4 cm³/mol. The molecule has 11 heavy (non-hydrogen) atoms. The summed E-state index contributed by atoms with van der Waals surface area (Å²) in [4.78, 5) is 0. The third kappa shape index (κ3) is 3.75. The maximum Gasteiger partial charge on any atom is 0.152 e. The lowest BCUT2D eigenvalue weighted by molar-refractivity contribution is 0.572. The minimum Gasteiger partial charge on any atom is -0.229 e. The molecule has 0 amide bonds. The van der Waals surface area contributed by atoms with Gasteiger partial charge in [0.05, 0.1) is 5.25 Å². The molecule has 0 aromatic carbocycles. The minimum absolute atomic E-state index is 0.146. The Morgan fingerprint density at radius 3 is 2.18 bits per heavy atom. The second-order valence-corrected chi connectivity index (χ2v) is 5.61. The molecule has 0 spiro atoms. The highest BCUT2D eigenvalue weighted by atomic mass is 32.2. The van der Waals surface area contributed by atoms with Crippen LogP contribution in [0.1, 0.15) is 40.0 Å². The van der Waals surface area contributed by atoms with Crippen LogP contribution < -0.4 is 0 Å². The zero-order valence-electron chi connectivity index (χ0n) is 7.63. The van der Waals surface area contributed by atoms with Gasteiger partial charge < -0.3 is 0 Å². The van der Waals surface area contributed by atoms with E-state index in [0.717, 1.165) is 19.3 Å². The Balaban J connectivity index is 3.93. The van der Waals surface area contributed by atoms with Gasteiger partial charge in [0.25, 0.3) is 0 Å². The maximum atomic E-state index is 11.2. The quantitative estimate of drug-likeness (QED) is 0.645. The lowest BCUT2D eigenvalue weighted by atomic mass is 10.2. The highest BCUT2D eigenvalue weighted by Gasteiger charge is 2.16. The van der Waals surface area contributed by atoms with Crippen LogP contribution in [0.3, 0.4) is 0 Å². The fraction of sp³-hybridized carbons (Fsp3) is 1.00. The molecule has 0 aromatic rings. The molecule has 0 bridgehead atoms. The second-order valence-electron chi connectivity index (χ2n) is 2.90. The molecule has 1 atom stereocenters. The van der Waals surface area contributed by atoms with Gasteiger partial charge in [-0.05, 0) is 13.3 Å². The van der Waals surface area contributed by atoms with Crippen LogP contribution in [-0.2, 0) is 9.84 Å². The number of hydrogen-bond acceptors (Lipinski definition) is 2. The fourth-order valence-electron chi connectivity index (χ4n) is 0.956. The highest BCUT2D eigenvalue weighted by Crippen LogP contribution is 2.09. The van der Waals surface area contributed by atoms with E-state index in [2.05, 4.69) is 6.92 Å². The van der Waals surface area contributed by atoms with Gasteiger partial charge in [0, 0.05) is 5.75 Å². The molecule has 0 rings (SSSR count). The van der Waals surface area contributed by atoms with Gasteiger partial charge in [-0.25, -0.2) is 8.42 Å². The molecule has 0 aromatic heterocycles. The van der Waals surface area contributed by atoms with Crippen molar-refractivity contribution in [3.8, 4) is 0 Å². The average Bonchev–Trinajstić information content (AvgIpc) is 2.00. The van der Waals surface area contributed by atoms with Crippen molar-refractivity contribution in [2.75, 3.05) is 5.75 Å². The van der Waals surface area contributed by atoms with Gasteiger partial charge in [-0.1, -0.05) is 26.7 Å². The third-order valence-corrected chi connectivity index (χ3v) is 4.25. The van der Waals surface area contributed by atoms with Crippen molar-refractivity contribution < 1.29 is 8.42 Å². The topological polar surface area (TPSA) is 34.1 Å². The monoisotopic (exact) mass is 178 g/mol. The van der Waals surface area contributed by atoms with Crippen LogP contribution in [-0.4, -0.2) is 19.4 Å². The van der Waals surface area contributed by atoms with Crippen molar-refractivity contribution in [2.45, 2.75) is 45.3 Å². The molecular weight excluding hydrogens is 160 g/mol. The van der Waals surface area contributed by atoms with Crippen molar-refractivity contribution in [3.05, 3.63) is 0 Å². The van der Waals surface area contributed by atoms with E-state index in [9.17, 15) is 8.42 Å². The molecule has 0 aliphatic carbocycles. The molecule has 3 heteroatoms. The molecule has 0 radical (unpaired) electrons. The first-order valence-electron chi connectivity index (χ1n) is 4.26. The van der Waals surface area contributed by atoms with Crippen molar-refractivity contribution in [3.63, 3.8) is 0 Å². The maximum absolute atomic E-state index is 11.2. The Kier molecular flexibility index (Phi) is 4.73. The predicted octanol–water partition coefficient (Wildman–Crippen LogP) is 2.00. The Morgan fingerprint density at radius 1 is 1.27 bits per heavy atom. The molecule has 0 saturated carbocycles. The van der Waals surface area contributed by atoms with Crippen molar-refractivity contribution in [1.29, 1.82) is 0 Å². The van der Waals surface area contributed by atoms with Crippen LogP contribution in [0.4, 0.5) is 0 Å². The summed E-state index contributed by atoms with van der Waals surface area (Å²) in [5, 5.41) is -0.146. The molecule has 0 N–H and O–H groups in total. The van der Waals surface area contributed by atoms with Gasteiger partial charge in [0.2, 0.25) is 0 Å². The van der Waals surface area contributed by atoms with E-state index < -0.39 is 9.84 Å². The van der Waals surface area contributed by atoms with E-state index in [1.54, 1.807) is 13.8 Å². The van der Waals surface area contributed by atoms with Crippen LogP contribution >= 0.6 is 0 Å². The third-order valence-electron chi connectivity index (χ3n) is 1.98. The van der Waals surface area contributed by atoms with Crippen LogP contribution in [0.25, 0.3) is 0 Å². The zero-order valence-corrected chi connectivity index (χ0v) is 8.45. The molecule has 0 saturated heterocycles. The number of rotatable bonds is 5. The summed E-state index contributed by atoms with van der Waals surface area (Å²) in [6.07, 6.45) is 2.90. The van der Waals surface area contributed by atoms with Crippen LogP contribution in [0, 0.1) is 0 Å². The average molecular weight is 178 g/mol. The molecule has 0 heterocycles. The molecule has 68 valence electrons. The van der Waals surface area contributed by atoms with E-state index in [4.69, 9.17) is 0 Å². The molecule has 0 fully saturated rings. The van der Waals surface area contributed by atoms with Crippen LogP contribution in [0.2, 0.25) is 0 Å². The van der Waals surface area contributed by atoms with Gasteiger partial charge in [-0.2, -0.15) is 0 Å². The molecular formula is C8H18O2S. The van der Waals surface area contributed by atoms with Crippen molar-refractivity contribution >= 4 is 9.84 Å². The van der Waals surface area contributed by atoms with Crippen molar-refractivity contribution in [2.24, 2.45) is 0 Å². The van der Waals surface area contributed by atoms with E-state index in [1.807, 2.05) is 0 Å². The summed E-state index contributed by atoms with van der Waals surface area (Å²) in [7, 11) is -2.77. The Hall–Kier alpha value is -0.0500. The summed E-state index contributed by atoms with van der Waals surface area (Å²) in [6.45, 7) is 5.58. The normalized spacial score (nSPS) is 14.8. The first-order chi connectivity index (χ1) is 5.04. The Bertz CT molecular complexity index is 182. The first kappa shape index (κ1) is 11.0. The first-order valence-corrected chi connectivity index (χ1v) is 5.97.